The van der Waals surface area contributed by atoms with E-state index in [2.05, 4.69) is 214 Å². The highest BCUT2D eigenvalue weighted by molar-refractivity contribution is 7.26. The SMILES string of the molecule is c1ccc(-n2c3ccccc3c3c4c5ccccc5n(-c5ccc6c(c5)Oc5cccc7c5B6c5ccc(-n6c8ccccc8c8c9c(ccc86)sc6ccccc69)cc5O7)c4ccc32)cc1. The Hall–Kier alpha value is -8.52. The first-order chi connectivity index (χ1) is 33.2. The number of benzene rings is 10. The van der Waals surface area contributed by atoms with Crippen LogP contribution in [0.1, 0.15) is 0 Å². The molecule has 0 aliphatic carbocycles. The number of fused-ring (bicyclic) bond motifs is 18. The maximum atomic E-state index is 6.92. The van der Waals surface area contributed by atoms with Crippen LogP contribution >= 0.6 is 11.3 Å². The molecule has 0 saturated heterocycles. The molecule has 0 atom stereocenters. The van der Waals surface area contributed by atoms with Crippen molar-refractivity contribution in [1.29, 1.82) is 0 Å². The van der Waals surface area contributed by atoms with E-state index in [9.17, 15) is 0 Å². The highest BCUT2D eigenvalue weighted by Gasteiger charge is 2.40. The van der Waals surface area contributed by atoms with E-state index in [1.54, 1.807) is 0 Å². The average Bonchev–Trinajstić information content (AvgIpc) is 4.12. The Kier molecular flexibility index (Phi) is 6.98. The number of aromatic nitrogens is 3. The molecule has 5 nitrogen and oxygen atoms in total. The van der Waals surface area contributed by atoms with E-state index in [-0.39, 0.29) is 6.71 Å². The first kappa shape index (κ1) is 35.8. The summed E-state index contributed by atoms with van der Waals surface area (Å²) >= 11 is 1.87. The fourth-order valence-electron chi connectivity index (χ4n) is 11.9. The first-order valence-corrected chi connectivity index (χ1v) is 23.7. The lowest BCUT2D eigenvalue weighted by molar-refractivity contribution is 0.464. The molecular weight excluding hydrogens is 838 g/mol. The minimum absolute atomic E-state index is 0.0707. The normalized spacial score (nSPS) is 13.0. The molecule has 16 rings (SSSR count). The van der Waals surface area contributed by atoms with Gasteiger partial charge in [-0.2, -0.15) is 0 Å². The quantitative estimate of drug-likeness (QED) is 0.166. The van der Waals surface area contributed by atoms with Crippen molar-refractivity contribution in [2.75, 3.05) is 0 Å². The summed E-state index contributed by atoms with van der Waals surface area (Å²) in [6.45, 7) is -0.0707. The predicted molar refractivity (Wildman–Crippen MR) is 280 cm³/mol. The third kappa shape index (κ3) is 4.73. The molecule has 10 aromatic carbocycles. The van der Waals surface area contributed by atoms with Crippen molar-refractivity contribution >= 4 is 120 Å². The Balaban J connectivity index is 0.874. The van der Waals surface area contributed by atoms with Crippen LogP contribution in [0.2, 0.25) is 0 Å². The zero-order chi connectivity index (χ0) is 43.5. The zero-order valence-electron chi connectivity index (χ0n) is 35.8. The largest absolute Gasteiger partial charge is 0.458 e. The summed E-state index contributed by atoms with van der Waals surface area (Å²) in [6.07, 6.45) is 0. The Morgan fingerprint density at radius 1 is 0.313 bits per heavy atom. The van der Waals surface area contributed by atoms with E-state index >= 15 is 0 Å². The molecule has 0 spiro atoms. The summed E-state index contributed by atoms with van der Waals surface area (Å²) in [4.78, 5) is 0. The molecule has 6 heterocycles. The number of para-hydroxylation sites is 4. The van der Waals surface area contributed by atoms with Gasteiger partial charge in [0.2, 0.25) is 0 Å². The molecular formula is C60H34BN3O2S. The zero-order valence-corrected chi connectivity index (χ0v) is 36.6. The van der Waals surface area contributed by atoms with Gasteiger partial charge in [0.1, 0.15) is 23.0 Å². The molecule has 2 aliphatic rings. The van der Waals surface area contributed by atoms with Gasteiger partial charge in [-0.25, -0.2) is 0 Å². The minimum atomic E-state index is -0.0707. The Labute approximate surface area is 387 Å². The van der Waals surface area contributed by atoms with Gasteiger partial charge in [-0.1, -0.05) is 109 Å². The number of hydrogen-bond acceptors (Lipinski definition) is 3. The molecule has 0 bridgehead atoms. The van der Waals surface area contributed by atoms with Crippen LogP contribution in [0.15, 0.2) is 206 Å². The van der Waals surface area contributed by atoms with Crippen molar-refractivity contribution in [3.8, 4) is 40.1 Å². The van der Waals surface area contributed by atoms with Gasteiger partial charge in [-0.15, -0.1) is 11.3 Å². The molecule has 7 heteroatoms. The number of thiophene rings is 1. The summed E-state index contributed by atoms with van der Waals surface area (Å²) in [5.74, 6) is 3.37. The number of ether oxygens (including phenoxy) is 2. The molecule has 0 saturated carbocycles. The van der Waals surface area contributed by atoms with Crippen LogP contribution in [0.3, 0.4) is 0 Å². The second kappa shape index (κ2) is 13.1. The van der Waals surface area contributed by atoms with Gasteiger partial charge in [0.05, 0.1) is 33.1 Å². The highest BCUT2D eigenvalue weighted by Crippen LogP contribution is 2.46. The monoisotopic (exact) mass is 871 g/mol. The molecule has 67 heavy (non-hydrogen) atoms. The van der Waals surface area contributed by atoms with Crippen molar-refractivity contribution in [2.24, 2.45) is 0 Å². The van der Waals surface area contributed by atoms with Crippen molar-refractivity contribution < 1.29 is 9.47 Å². The molecule has 0 fully saturated rings. The molecule has 0 unspecified atom stereocenters. The van der Waals surface area contributed by atoms with Crippen molar-refractivity contribution in [3.63, 3.8) is 0 Å². The fraction of sp³-hybridized carbons (Fsp3) is 0. The lowest BCUT2D eigenvalue weighted by Gasteiger charge is -2.33. The smallest absolute Gasteiger partial charge is 0.260 e. The summed E-state index contributed by atoms with van der Waals surface area (Å²) in [5.41, 5.74) is 13.7. The van der Waals surface area contributed by atoms with Crippen LogP contribution in [0, 0.1) is 0 Å². The van der Waals surface area contributed by atoms with E-state index in [0.717, 1.165) is 67.5 Å². The van der Waals surface area contributed by atoms with Gasteiger partial charge < -0.3 is 23.2 Å². The van der Waals surface area contributed by atoms with Gasteiger partial charge in [-0.05, 0) is 95.9 Å². The van der Waals surface area contributed by atoms with E-state index in [1.807, 2.05) is 17.4 Å². The van der Waals surface area contributed by atoms with Crippen LogP contribution in [0.25, 0.3) is 103 Å². The molecule has 0 radical (unpaired) electrons. The molecule has 310 valence electrons. The standard InChI is InChI=1S/C60H34BN3O2S/c1-2-13-35(14-3-1)62-44-19-8-4-15-38(44)56-47(62)29-30-48-57(56)39-16-5-9-20-45(39)63(48)36-25-27-42-52(33-36)65-50-22-12-23-51-60(50)61(42)43-28-26-37(34-53(43)66-51)64-46-21-10-6-17-40(46)58-49(64)31-32-55-59(58)41-18-7-11-24-54(41)67-55/h1-34H. The Bertz CT molecular complexity index is 4480. The molecule has 0 N–H and O–H groups in total. The van der Waals surface area contributed by atoms with Crippen LogP contribution in [-0.2, 0) is 0 Å². The summed E-state index contributed by atoms with van der Waals surface area (Å²) in [5, 5.41) is 10.1. The second-order valence-corrected chi connectivity index (χ2v) is 19.0. The van der Waals surface area contributed by atoms with Gasteiger partial charge in [-0.3, -0.25) is 0 Å². The second-order valence-electron chi connectivity index (χ2n) is 17.9. The Morgan fingerprint density at radius 2 is 0.776 bits per heavy atom. The molecule has 2 aliphatic heterocycles. The van der Waals surface area contributed by atoms with E-state index in [0.29, 0.717) is 0 Å². The number of nitrogens with zero attached hydrogens (tertiary/aromatic N) is 3. The van der Waals surface area contributed by atoms with E-state index in [1.165, 1.54) is 74.6 Å². The van der Waals surface area contributed by atoms with Gasteiger partial charge >= 0.3 is 0 Å². The van der Waals surface area contributed by atoms with E-state index in [4.69, 9.17) is 9.47 Å². The third-order valence-electron chi connectivity index (χ3n) is 14.6. The van der Waals surface area contributed by atoms with Crippen LogP contribution in [0.4, 0.5) is 0 Å². The van der Waals surface area contributed by atoms with Crippen molar-refractivity contribution in [1.82, 2.24) is 13.7 Å². The average molecular weight is 872 g/mol. The fourth-order valence-corrected chi connectivity index (χ4v) is 13.0. The molecule has 14 aromatic rings. The van der Waals surface area contributed by atoms with Gasteiger partial charge in [0.15, 0.2) is 0 Å². The van der Waals surface area contributed by atoms with Gasteiger partial charge in [0, 0.05) is 87.1 Å². The number of rotatable bonds is 3. The van der Waals surface area contributed by atoms with Crippen LogP contribution in [0.5, 0.6) is 23.0 Å². The van der Waals surface area contributed by atoms with E-state index < -0.39 is 0 Å². The van der Waals surface area contributed by atoms with Gasteiger partial charge in [0.25, 0.3) is 6.71 Å². The molecule has 4 aromatic heterocycles. The van der Waals surface area contributed by atoms with Crippen LogP contribution in [-0.4, -0.2) is 20.4 Å². The summed E-state index contributed by atoms with van der Waals surface area (Å²) < 4.78 is 23.7. The summed E-state index contributed by atoms with van der Waals surface area (Å²) in [6, 6.07) is 74.9. The Morgan fingerprint density at radius 3 is 1.34 bits per heavy atom. The number of hydrogen-bond donors (Lipinski definition) is 0. The van der Waals surface area contributed by atoms with Crippen molar-refractivity contribution in [3.05, 3.63) is 206 Å². The lowest BCUT2D eigenvalue weighted by atomic mass is 9.35. The molecule has 0 amide bonds. The predicted octanol–water partition coefficient (Wildman–Crippen LogP) is 14.1. The lowest BCUT2D eigenvalue weighted by Crippen LogP contribution is -2.57. The topological polar surface area (TPSA) is 33.2 Å². The minimum Gasteiger partial charge on any atom is -0.458 e. The highest BCUT2D eigenvalue weighted by atomic mass is 32.1. The van der Waals surface area contributed by atoms with Crippen molar-refractivity contribution in [2.45, 2.75) is 0 Å². The summed E-state index contributed by atoms with van der Waals surface area (Å²) in [7, 11) is 0. The maximum absolute atomic E-state index is 6.92. The first-order valence-electron chi connectivity index (χ1n) is 22.9. The van der Waals surface area contributed by atoms with Crippen LogP contribution < -0.4 is 25.9 Å². The maximum Gasteiger partial charge on any atom is 0.260 e. The third-order valence-corrected chi connectivity index (χ3v) is 15.7.